The predicted octanol–water partition coefficient (Wildman–Crippen LogP) is 4.50. The summed E-state index contributed by atoms with van der Waals surface area (Å²) >= 11 is 5.83. The molecular formula is C15H16ClNO2. The summed E-state index contributed by atoms with van der Waals surface area (Å²) in [5.41, 5.74) is 6.43. The predicted molar refractivity (Wildman–Crippen MR) is 78.1 cm³/mol. The lowest BCUT2D eigenvalue weighted by Crippen LogP contribution is -2.05. The van der Waals surface area contributed by atoms with E-state index in [0.717, 1.165) is 0 Å². The minimum Gasteiger partial charge on any atom is -0.491 e. The SMILES string of the molecule is CC(C)Oc1cc(N)cc(Oc2ccc(Cl)cc2)c1. The fraction of sp³-hybridized carbons (Fsp3) is 0.200. The van der Waals surface area contributed by atoms with Crippen LogP contribution in [0.3, 0.4) is 0 Å². The van der Waals surface area contributed by atoms with Crippen LogP contribution in [0, 0.1) is 0 Å². The molecule has 0 spiro atoms. The normalized spacial score (nSPS) is 10.5. The Labute approximate surface area is 117 Å². The molecule has 100 valence electrons. The van der Waals surface area contributed by atoms with Crippen molar-refractivity contribution < 1.29 is 9.47 Å². The molecule has 0 aromatic heterocycles. The first-order valence-corrected chi connectivity index (χ1v) is 6.41. The smallest absolute Gasteiger partial charge is 0.133 e. The van der Waals surface area contributed by atoms with Gasteiger partial charge >= 0.3 is 0 Å². The van der Waals surface area contributed by atoms with Crippen LogP contribution < -0.4 is 15.2 Å². The Hall–Kier alpha value is -1.87. The Kier molecular flexibility index (Phi) is 4.17. The van der Waals surface area contributed by atoms with Gasteiger partial charge in [-0.15, -0.1) is 0 Å². The molecule has 3 nitrogen and oxygen atoms in total. The number of nitrogens with two attached hydrogens (primary N) is 1. The fourth-order valence-corrected chi connectivity index (χ4v) is 1.76. The van der Waals surface area contributed by atoms with Crippen LogP contribution in [0.25, 0.3) is 0 Å². The van der Waals surface area contributed by atoms with E-state index in [1.807, 2.05) is 19.9 Å². The molecule has 0 aliphatic carbocycles. The van der Waals surface area contributed by atoms with Gasteiger partial charge in [-0.25, -0.2) is 0 Å². The summed E-state index contributed by atoms with van der Waals surface area (Å²) in [5.74, 6) is 2.03. The van der Waals surface area contributed by atoms with Crippen molar-refractivity contribution >= 4 is 17.3 Å². The second-order valence-corrected chi connectivity index (χ2v) is 4.90. The zero-order valence-electron chi connectivity index (χ0n) is 10.9. The van der Waals surface area contributed by atoms with Crippen molar-refractivity contribution in [1.29, 1.82) is 0 Å². The molecule has 2 aromatic carbocycles. The number of nitrogen functional groups attached to an aromatic ring is 1. The van der Waals surface area contributed by atoms with Crippen LogP contribution in [-0.2, 0) is 0 Å². The first-order chi connectivity index (χ1) is 9.02. The third-order valence-electron chi connectivity index (χ3n) is 2.32. The number of ether oxygens (including phenoxy) is 2. The summed E-state index contributed by atoms with van der Waals surface area (Å²) in [6.45, 7) is 3.92. The lowest BCUT2D eigenvalue weighted by atomic mass is 10.2. The Balaban J connectivity index is 2.19. The summed E-state index contributed by atoms with van der Waals surface area (Å²) < 4.78 is 11.3. The Morgan fingerprint density at radius 1 is 0.947 bits per heavy atom. The summed E-state index contributed by atoms with van der Waals surface area (Å²) in [5, 5.41) is 0.670. The van der Waals surface area contributed by atoms with Gasteiger partial charge in [0, 0.05) is 28.9 Å². The lowest BCUT2D eigenvalue weighted by molar-refractivity contribution is 0.242. The third-order valence-corrected chi connectivity index (χ3v) is 2.58. The second kappa shape index (κ2) is 5.85. The summed E-state index contributed by atoms with van der Waals surface area (Å²) in [6, 6.07) is 12.5. The minimum absolute atomic E-state index is 0.0881. The van der Waals surface area contributed by atoms with Gasteiger partial charge in [0.1, 0.15) is 17.2 Å². The van der Waals surface area contributed by atoms with Gasteiger partial charge < -0.3 is 15.2 Å². The molecule has 0 atom stereocenters. The molecule has 4 heteroatoms. The first-order valence-electron chi connectivity index (χ1n) is 6.03. The average Bonchev–Trinajstić information content (AvgIpc) is 2.30. The van der Waals surface area contributed by atoms with Crippen molar-refractivity contribution in [2.45, 2.75) is 20.0 Å². The first kappa shape index (κ1) is 13.6. The highest BCUT2D eigenvalue weighted by Gasteiger charge is 2.04. The molecule has 0 aliphatic rings. The summed E-state index contributed by atoms with van der Waals surface area (Å²) in [6.07, 6.45) is 0.0881. The molecule has 0 unspecified atom stereocenters. The quantitative estimate of drug-likeness (QED) is 0.837. The molecular weight excluding hydrogens is 262 g/mol. The average molecular weight is 278 g/mol. The van der Waals surface area contributed by atoms with E-state index >= 15 is 0 Å². The molecule has 2 aromatic rings. The maximum Gasteiger partial charge on any atom is 0.133 e. The van der Waals surface area contributed by atoms with Crippen LogP contribution in [0.4, 0.5) is 5.69 Å². The maximum atomic E-state index is 5.83. The topological polar surface area (TPSA) is 44.5 Å². The van der Waals surface area contributed by atoms with E-state index in [4.69, 9.17) is 26.8 Å². The lowest BCUT2D eigenvalue weighted by Gasteiger charge is -2.12. The molecule has 2 rings (SSSR count). The van der Waals surface area contributed by atoms with Crippen LogP contribution in [0.2, 0.25) is 5.02 Å². The number of anilines is 1. The fourth-order valence-electron chi connectivity index (χ4n) is 1.63. The van der Waals surface area contributed by atoms with Crippen LogP contribution in [0.15, 0.2) is 42.5 Å². The largest absolute Gasteiger partial charge is 0.491 e. The Morgan fingerprint density at radius 2 is 1.58 bits per heavy atom. The monoisotopic (exact) mass is 277 g/mol. The van der Waals surface area contributed by atoms with E-state index in [-0.39, 0.29) is 6.10 Å². The zero-order chi connectivity index (χ0) is 13.8. The minimum atomic E-state index is 0.0881. The molecule has 0 radical (unpaired) electrons. The van der Waals surface area contributed by atoms with Crippen LogP contribution >= 0.6 is 11.6 Å². The van der Waals surface area contributed by atoms with Crippen molar-refractivity contribution in [2.24, 2.45) is 0 Å². The third kappa shape index (κ3) is 4.07. The molecule has 0 aliphatic heterocycles. The molecule has 0 saturated heterocycles. The van der Waals surface area contributed by atoms with Crippen LogP contribution in [0.5, 0.6) is 17.2 Å². The van der Waals surface area contributed by atoms with Crippen LogP contribution in [0.1, 0.15) is 13.8 Å². The number of benzene rings is 2. The van der Waals surface area contributed by atoms with Gasteiger partial charge in [-0.3, -0.25) is 0 Å². The van der Waals surface area contributed by atoms with Crippen molar-refractivity contribution in [1.82, 2.24) is 0 Å². The van der Waals surface area contributed by atoms with E-state index < -0.39 is 0 Å². The highest BCUT2D eigenvalue weighted by molar-refractivity contribution is 6.30. The van der Waals surface area contributed by atoms with Crippen molar-refractivity contribution in [2.75, 3.05) is 5.73 Å². The van der Waals surface area contributed by atoms with Crippen LogP contribution in [-0.4, -0.2) is 6.10 Å². The highest BCUT2D eigenvalue weighted by Crippen LogP contribution is 2.29. The standard InChI is InChI=1S/C15H16ClNO2/c1-10(2)18-14-7-12(17)8-15(9-14)19-13-5-3-11(16)4-6-13/h3-10H,17H2,1-2H3. The number of hydrogen-bond acceptors (Lipinski definition) is 3. The van der Waals surface area contributed by atoms with E-state index in [9.17, 15) is 0 Å². The number of hydrogen-bond donors (Lipinski definition) is 1. The molecule has 19 heavy (non-hydrogen) atoms. The Bertz CT molecular complexity index is 553. The van der Waals surface area contributed by atoms with Crippen molar-refractivity contribution in [3.05, 3.63) is 47.5 Å². The van der Waals surface area contributed by atoms with Gasteiger partial charge in [0.2, 0.25) is 0 Å². The second-order valence-electron chi connectivity index (χ2n) is 4.46. The Morgan fingerprint density at radius 3 is 2.21 bits per heavy atom. The summed E-state index contributed by atoms with van der Waals surface area (Å²) in [7, 11) is 0. The van der Waals surface area contributed by atoms with Gasteiger partial charge in [-0.05, 0) is 38.1 Å². The highest BCUT2D eigenvalue weighted by atomic mass is 35.5. The zero-order valence-corrected chi connectivity index (χ0v) is 11.6. The number of rotatable bonds is 4. The number of halogens is 1. The molecule has 0 heterocycles. The van der Waals surface area contributed by atoms with E-state index in [0.29, 0.717) is 28.0 Å². The molecule has 0 saturated carbocycles. The molecule has 0 amide bonds. The van der Waals surface area contributed by atoms with Gasteiger partial charge in [-0.1, -0.05) is 11.6 Å². The van der Waals surface area contributed by atoms with Crippen molar-refractivity contribution in [3.63, 3.8) is 0 Å². The van der Waals surface area contributed by atoms with Gasteiger partial charge in [-0.2, -0.15) is 0 Å². The molecule has 0 fully saturated rings. The van der Waals surface area contributed by atoms with E-state index in [2.05, 4.69) is 0 Å². The van der Waals surface area contributed by atoms with E-state index in [1.165, 1.54) is 0 Å². The maximum absolute atomic E-state index is 5.83. The van der Waals surface area contributed by atoms with E-state index in [1.54, 1.807) is 36.4 Å². The van der Waals surface area contributed by atoms with Gasteiger partial charge in [0.25, 0.3) is 0 Å². The van der Waals surface area contributed by atoms with Crippen molar-refractivity contribution in [3.8, 4) is 17.2 Å². The molecule has 2 N–H and O–H groups in total. The van der Waals surface area contributed by atoms with Gasteiger partial charge in [0.15, 0.2) is 0 Å². The summed E-state index contributed by atoms with van der Waals surface area (Å²) in [4.78, 5) is 0. The molecule has 0 bridgehead atoms. The van der Waals surface area contributed by atoms with Gasteiger partial charge in [0.05, 0.1) is 6.10 Å².